The van der Waals surface area contributed by atoms with Crippen molar-refractivity contribution in [3.05, 3.63) is 53.6 Å². The number of aromatic hydroxyl groups is 1. The third kappa shape index (κ3) is 3.63. The van der Waals surface area contributed by atoms with Gasteiger partial charge in [0, 0.05) is 11.1 Å². The van der Waals surface area contributed by atoms with Gasteiger partial charge in [0.15, 0.2) is 5.78 Å². The highest BCUT2D eigenvalue weighted by molar-refractivity contribution is 5.94. The van der Waals surface area contributed by atoms with Crippen LogP contribution in [0.15, 0.2) is 42.5 Å². The van der Waals surface area contributed by atoms with Crippen molar-refractivity contribution in [2.45, 2.75) is 33.1 Å². The van der Waals surface area contributed by atoms with E-state index in [2.05, 4.69) is 0 Å². The van der Waals surface area contributed by atoms with Crippen molar-refractivity contribution >= 4 is 5.78 Å². The molecule has 0 saturated heterocycles. The largest absolute Gasteiger partial charge is 0.508 e. The highest BCUT2D eigenvalue weighted by Crippen LogP contribution is 2.34. The maximum Gasteiger partial charge on any atom is 0.159 e. The fourth-order valence-electron chi connectivity index (χ4n) is 2.07. The molecule has 0 bridgehead atoms. The number of rotatable bonds is 3. The minimum Gasteiger partial charge on any atom is -0.508 e. The van der Waals surface area contributed by atoms with Gasteiger partial charge >= 0.3 is 0 Å². The van der Waals surface area contributed by atoms with E-state index in [1.54, 1.807) is 36.4 Å². The second kappa shape index (κ2) is 5.60. The molecule has 0 atom stereocenters. The number of Topliss-reactive ketones (excluding diaryl/α,β-unsaturated/α-hetero) is 1. The Labute approximate surface area is 125 Å². The van der Waals surface area contributed by atoms with E-state index in [1.807, 2.05) is 26.8 Å². The van der Waals surface area contributed by atoms with Gasteiger partial charge in [0.05, 0.1) is 0 Å². The standard InChI is InChI=1S/C18H20O3/c1-12(19)13-5-7-14(8-6-13)21-15-9-10-17(20)16(11-15)18(2,3)4/h5-11,20H,1-4H3. The van der Waals surface area contributed by atoms with Crippen LogP contribution in [0.4, 0.5) is 0 Å². The molecule has 1 N–H and O–H groups in total. The summed E-state index contributed by atoms with van der Waals surface area (Å²) in [6.07, 6.45) is 0. The van der Waals surface area contributed by atoms with Crippen LogP contribution in [-0.2, 0) is 5.41 Å². The molecule has 0 amide bonds. The average Bonchev–Trinajstić information content (AvgIpc) is 2.40. The Balaban J connectivity index is 2.26. The molecule has 0 heterocycles. The molecule has 0 radical (unpaired) electrons. The molecule has 21 heavy (non-hydrogen) atoms. The van der Waals surface area contributed by atoms with E-state index >= 15 is 0 Å². The first-order valence-electron chi connectivity index (χ1n) is 6.90. The molecule has 0 aliphatic heterocycles. The Morgan fingerprint density at radius 2 is 1.57 bits per heavy atom. The third-order valence-corrected chi connectivity index (χ3v) is 3.27. The molecular formula is C18H20O3. The number of ketones is 1. The number of ether oxygens (including phenoxy) is 1. The quantitative estimate of drug-likeness (QED) is 0.832. The van der Waals surface area contributed by atoms with E-state index < -0.39 is 0 Å². The minimum absolute atomic E-state index is 0.0289. The van der Waals surface area contributed by atoms with Gasteiger partial charge in [-0.25, -0.2) is 0 Å². The molecule has 0 aliphatic carbocycles. The molecule has 0 aliphatic rings. The molecule has 0 spiro atoms. The molecule has 3 nitrogen and oxygen atoms in total. The lowest BCUT2D eigenvalue weighted by Crippen LogP contribution is -2.11. The van der Waals surface area contributed by atoms with E-state index in [0.717, 1.165) is 5.56 Å². The van der Waals surface area contributed by atoms with Gasteiger partial charge < -0.3 is 9.84 Å². The molecular weight excluding hydrogens is 264 g/mol. The van der Waals surface area contributed by atoms with Gasteiger partial charge in [-0.05, 0) is 54.8 Å². The number of carbonyl (C=O) groups excluding carboxylic acids is 1. The average molecular weight is 284 g/mol. The highest BCUT2D eigenvalue weighted by Gasteiger charge is 2.18. The number of phenolic OH excluding ortho intramolecular Hbond substituents is 1. The van der Waals surface area contributed by atoms with Crippen molar-refractivity contribution in [2.24, 2.45) is 0 Å². The van der Waals surface area contributed by atoms with Gasteiger partial charge in [0.25, 0.3) is 0 Å². The molecule has 3 heteroatoms. The maximum absolute atomic E-state index is 11.2. The molecule has 0 fully saturated rings. The molecule has 0 unspecified atom stereocenters. The van der Waals surface area contributed by atoms with Gasteiger partial charge in [-0.15, -0.1) is 0 Å². The van der Waals surface area contributed by atoms with Crippen LogP contribution in [0.5, 0.6) is 17.2 Å². The first-order valence-corrected chi connectivity index (χ1v) is 6.90. The Kier molecular flexibility index (Phi) is 4.03. The van der Waals surface area contributed by atoms with Crippen molar-refractivity contribution in [3.63, 3.8) is 0 Å². The Morgan fingerprint density at radius 3 is 2.10 bits per heavy atom. The summed E-state index contributed by atoms with van der Waals surface area (Å²) in [7, 11) is 0. The molecule has 2 aromatic carbocycles. The van der Waals surface area contributed by atoms with E-state index in [1.165, 1.54) is 6.92 Å². The normalized spacial score (nSPS) is 11.2. The number of hydrogen-bond acceptors (Lipinski definition) is 3. The summed E-state index contributed by atoms with van der Waals surface area (Å²) in [5, 5.41) is 9.94. The van der Waals surface area contributed by atoms with Crippen LogP contribution in [0.2, 0.25) is 0 Å². The van der Waals surface area contributed by atoms with Gasteiger partial charge in [0.1, 0.15) is 17.2 Å². The molecule has 110 valence electrons. The Bertz CT molecular complexity index is 649. The van der Waals surface area contributed by atoms with Crippen molar-refractivity contribution in [3.8, 4) is 17.2 Å². The van der Waals surface area contributed by atoms with Crippen LogP contribution in [-0.4, -0.2) is 10.9 Å². The minimum atomic E-state index is -0.165. The summed E-state index contributed by atoms with van der Waals surface area (Å²) in [5.74, 6) is 1.61. The SMILES string of the molecule is CC(=O)c1ccc(Oc2ccc(O)c(C(C)(C)C)c2)cc1. The lowest BCUT2D eigenvalue weighted by atomic mass is 9.86. The summed E-state index contributed by atoms with van der Waals surface area (Å²) < 4.78 is 5.78. The first kappa shape index (κ1) is 15.1. The second-order valence-corrected chi connectivity index (χ2v) is 6.11. The lowest BCUT2D eigenvalue weighted by Gasteiger charge is -2.21. The monoisotopic (exact) mass is 284 g/mol. The molecule has 0 saturated carbocycles. The third-order valence-electron chi connectivity index (χ3n) is 3.27. The fraction of sp³-hybridized carbons (Fsp3) is 0.278. The van der Waals surface area contributed by atoms with Gasteiger partial charge in [-0.1, -0.05) is 20.8 Å². The number of benzene rings is 2. The van der Waals surface area contributed by atoms with E-state index in [0.29, 0.717) is 17.1 Å². The van der Waals surface area contributed by atoms with Crippen LogP contribution in [0, 0.1) is 0 Å². The Hall–Kier alpha value is -2.29. The summed E-state index contributed by atoms with van der Waals surface area (Å²) in [5.41, 5.74) is 1.32. The van der Waals surface area contributed by atoms with E-state index in [-0.39, 0.29) is 16.9 Å². The fourth-order valence-corrected chi connectivity index (χ4v) is 2.07. The first-order chi connectivity index (χ1) is 9.77. The zero-order valence-electron chi connectivity index (χ0n) is 12.8. The van der Waals surface area contributed by atoms with Crippen LogP contribution < -0.4 is 4.74 Å². The molecule has 2 aromatic rings. The number of carbonyl (C=O) groups is 1. The lowest BCUT2D eigenvalue weighted by molar-refractivity contribution is 0.101. The van der Waals surface area contributed by atoms with E-state index in [9.17, 15) is 9.90 Å². The van der Waals surface area contributed by atoms with Gasteiger partial charge in [0.2, 0.25) is 0 Å². The summed E-state index contributed by atoms with van der Waals surface area (Å²) in [6, 6.07) is 12.2. The molecule has 2 rings (SSSR count). The van der Waals surface area contributed by atoms with Crippen LogP contribution in [0.25, 0.3) is 0 Å². The van der Waals surface area contributed by atoms with Crippen LogP contribution in [0.1, 0.15) is 43.6 Å². The summed E-state index contributed by atoms with van der Waals surface area (Å²) in [4.78, 5) is 11.2. The summed E-state index contributed by atoms with van der Waals surface area (Å²) >= 11 is 0. The van der Waals surface area contributed by atoms with Crippen LogP contribution >= 0.6 is 0 Å². The second-order valence-electron chi connectivity index (χ2n) is 6.11. The zero-order valence-corrected chi connectivity index (χ0v) is 12.8. The maximum atomic E-state index is 11.2. The highest BCUT2D eigenvalue weighted by atomic mass is 16.5. The predicted octanol–water partition coefficient (Wildman–Crippen LogP) is 4.68. The summed E-state index contributed by atoms with van der Waals surface area (Å²) in [6.45, 7) is 7.64. The predicted molar refractivity (Wildman–Crippen MR) is 83.3 cm³/mol. The number of phenols is 1. The van der Waals surface area contributed by atoms with Crippen molar-refractivity contribution in [2.75, 3.05) is 0 Å². The smallest absolute Gasteiger partial charge is 0.159 e. The van der Waals surface area contributed by atoms with Crippen molar-refractivity contribution in [1.29, 1.82) is 0 Å². The van der Waals surface area contributed by atoms with Crippen molar-refractivity contribution in [1.82, 2.24) is 0 Å². The van der Waals surface area contributed by atoms with Crippen LogP contribution in [0.3, 0.4) is 0 Å². The van der Waals surface area contributed by atoms with Gasteiger partial charge in [-0.3, -0.25) is 4.79 Å². The van der Waals surface area contributed by atoms with Gasteiger partial charge in [-0.2, -0.15) is 0 Å². The molecule has 0 aromatic heterocycles. The zero-order chi connectivity index (χ0) is 15.6. The Morgan fingerprint density at radius 1 is 1.00 bits per heavy atom. The topological polar surface area (TPSA) is 46.5 Å². The van der Waals surface area contributed by atoms with E-state index in [4.69, 9.17) is 4.74 Å². The van der Waals surface area contributed by atoms with Crippen molar-refractivity contribution < 1.29 is 14.6 Å². The number of hydrogen-bond donors (Lipinski definition) is 1.